The first-order chi connectivity index (χ1) is 8.76. The summed E-state index contributed by atoms with van der Waals surface area (Å²) in [5, 5.41) is 12.3. The van der Waals surface area contributed by atoms with Gasteiger partial charge in [0.15, 0.2) is 0 Å². The summed E-state index contributed by atoms with van der Waals surface area (Å²) in [5.41, 5.74) is 1.14. The summed E-state index contributed by atoms with van der Waals surface area (Å²) in [4.78, 5) is 0. The number of hydrogen-bond acceptors (Lipinski definition) is 2. The van der Waals surface area contributed by atoms with Crippen molar-refractivity contribution in [2.24, 2.45) is 11.8 Å². The van der Waals surface area contributed by atoms with Crippen LogP contribution in [-0.2, 0) is 6.54 Å². The molecule has 3 unspecified atom stereocenters. The van der Waals surface area contributed by atoms with Gasteiger partial charge in [0, 0.05) is 18.2 Å². The van der Waals surface area contributed by atoms with Crippen molar-refractivity contribution in [2.45, 2.75) is 38.3 Å². The van der Waals surface area contributed by atoms with Gasteiger partial charge >= 0.3 is 0 Å². The molecular formula is C15H17FN2. The summed E-state index contributed by atoms with van der Waals surface area (Å²) >= 11 is 0. The van der Waals surface area contributed by atoms with Crippen LogP contribution in [0, 0.1) is 29.0 Å². The number of nitrogens with one attached hydrogen (secondary N) is 1. The van der Waals surface area contributed by atoms with Crippen LogP contribution in [0.2, 0.25) is 0 Å². The van der Waals surface area contributed by atoms with Gasteiger partial charge in [-0.2, -0.15) is 5.26 Å². The van der Waals surface area contributed by atoms with E-state index in [-0.39, 0.29) is 5.82 Å². The molecule has 3 heteroatoms. The average Bonchev–Trinajstić information content (AvgIpc) is 3.00. The predicted molar refractivity (Wildman–Crippen MR) is 67.2 cm³/mol. The Morgan fingerprint density at radius 1 is 1.33 bits per heavy atom. The third kappa shape index (κ3) is 2.13. The maximum absolute atomic E-state index is 13.6. The van der Waals surface area contributed by atoms with Crippen molar-refractivity contribution in [2.75, 3.05) is 0 Å². The van der Waals surface area contributed by atoms with Gasteiger partial charge < -0.3 is 5.32 Å². The number of hydrogen-bond donors (Lipinski definition) is 1. The number of benzene rings is 1. The molecule has 18 heavy (non-hydrogen) atoms. The summed E-state index contributed by atoms with van der Waals surface area (Å²) in [5.74, 6) is 1.46. The summed E-state index contributed by atoms with van der Waals surface area (Å²) in [6, 6.07) is 7.16. The van der Waals surface area contributed by atoms with E-state index in [1.54, 1.807) is 6.07 Å². The molecule has 3 atom stereocenters. The summed E-state index contributed by atoms with van der Waals surface area (Å²) in [6.45, 7) is 0.537. The molecular weight excluding hydrogens is 227 g/mol. The van der Waals surface area contributed by atoms with Gasteiger partial charge in [-0.15, -0.1) is 0 Å². The van der Waals surface area contributed by atoms with Crippen molar-refractivity contribution in [3.8, 4) is 6.07 Å². The van der Waals surface area contributed by atoms with Crippen molar-refractivity contribution >= 4 is 0 Å². The first kappa shape index (κ1) is 11.7. The van der Waals surface area contributed by atoms with E-state index in [4.69, 9.17) is 5.26 Å². The van der Waals surface area contributed by atoms with Crippen molar-refractivity contribution in [3.05, 3.63) is 35.1 Å². The lowest BCUT2D eigenvalue weighted by atomic mass is 9.95. The predicted octanol–water partition coefficient (Wildman–Crippen LogP) is 2.98. The van der Waals surface area contributed by atoms with Crippen molar-refractivity contribution in [1.29, 1.82) is 5.26 Å². The van der Waals surface area contributed by atoms with Gasteiger partial charge in [0.2, 0.25) is 0 Å². The lowest BCUT2D eigenvalue weighted by Crippen LogP contribution is -2.33. The molecule has 3 rings (SSSR count). The molecule has 0 saturated heterocycles. The maximum Gasteiger partial charge on any atom is 0.127 e. The first-order valence-corrected chi connectivity index (χ1v) is 6.68. The second-order valence-corrected chi connectivity index (χ2v) is 5.58. The number of halogens is 1. The largest absolute Gasteiger partial charge is 0.310 e. The van der Waals surface area contributed by atoms with E-state index in [9.17, 15) is 4.39 Å². The normalized spacial score (nSPS) is 29.4. The highest BCUT2D eigenvalue weighted by Gasteiger charge is 2.38. The Morgan fingerprint density at radius 3 is 2.89 bits per heavy atom. The molecule has 1 aromatic rings. The molecule has 1 aromatic carbocycles. The lowest BCUT2D eigenvalue weighted by molar-refractivity contribution is 0.349. The second-order valence-electron chi connectivity index (χ2n) is 5.58. The van der Waals surface area contributed by atoms with Crippen LogP contribution in [0.15, 0.2) is 18.2 Å². The Labute approximate surface area is 107 Å². The summed E-state index contributed by atoms with van der Waals surface area (Å²) in [6.07, 6.45) is 5.28. The van der Waals surface area contributed by atoms with E-state index in [0.29, 0.717) is 23.7 Å². The van der Waals surface area contributed by atoms with Crippen LogP contribution in [0.3, 0.4) is 0 Å². The van der Waals surface area contributed by atoms with Gasteiger partial charge in [0.25, 0.3) is 0 Å². The topological polar surface area (TPSA) is 35.8 Å². The first-order valence-electron chi connectivity index (χ1n) is 6.68. The maximum atomic E-state index is 13.6. The Hall–Kier alpha value is -1.40. The van der Waals surface area contributed by atoms with Gasteiger partial charge in [0.05, 0.1) is 11.6 Å². The second kappa shape index (κ2) is 4.70. The van der Waals surface area contributed by atoms with Gasteiger partial charge in [-0.3, -0.25) is 0 Å². The quantitative estimate of drug-likeness (QED) is 0.887. The highest BCUT2D eigenvalue weighted by molar-refractivity contribution is 5.33. The molecule has 94 valence electrons. The molecule has 0 spiro atoms. The molecule has 2 nitrogen and oxygen atoms in total. The molecule has 1 N–H and O–H groups in total. The zero-order valence-electron chi connectivity index (χ0n) is 10.3. The summed E-state index contributed by atoms with van der Waals surface area (Å²) < 4.78 is 13.6. The molecule has 0 aliphatic heterocycles. The van der Waals surface area contributed by atoms with Crippen LogP contribution in [0.5, 0.6) is 0 Å². The molecule has 0 amide bonds. The molecule has 2 bridgehead atoms. The van der Waals surface area contributed by atoms with Gasteiger partial charge in [-0.25, -0.2) is 4.39 Å². The molecule has 2 fully saturated rings. The number of fused-ring (bicyclic) bond motifs is 2. The Kier molecular flexibility index (Phi) is 3.05. The van der Waals surface area contributed by atoms with E-state index >= 15 is 0 Å². The third-order valence-electron chi connectivity index (χ3n) is 4.47. The van der Waals surface area contributed by atoms with Crippen LogP contribution in [-0.4, -0.2) is 6.04 Å². The number of nitriles is 1. The minimum atomic E-state index is -0.218. The zero-order valence-corrected chi connectivity index (χ0v) is 10.3. The van der Waals surface area contributed by atoms with E-state index in [0.717, 1.165) is 11.8 Å². The van der Waals surface area contributed by atoms with E-state index < -0.39 is 0 Å². The van der Waals surface area contributed by atoms with Crippen LogP contribution in [0.4, 0.5) is 4.39 Å². The third-order valence-corrected chi connectivity index (χ3v) is 4.47. The Balaban J connectivity index is 1.65. The Bertz CT molecular complexity index is 492. The Morgan fingerprint density at radius 2 is 2.22 bits per heavy atom. The van der Waals surface area contributed by atoms with E-state index in [2.05, 4.69) is 11.4 Å². The van der Waals surface area contributed by atoms with Crippen LogP contribution >= 0.6 is 0 Å². The van der Waals surface area contributed by atoms with E-state index in [1.807, 2.05) is 0 Å². The smallest absolute Gasteiger partial charge is 0.127 e. The fraction of sp³-hybridized carbons (Fsp3) is 0.533. The minimum absolute atomic E-state index is 0.218. The van der Waals surface area contributed by atoms with Crippen molar-refractivity contribution < 1.29 is 4.39 Å². The number of nitrogens with zero attached hydrogens (tertiary/aromatic N) is 1. The standard InChI is InChI=1S/C15H17FN2/c16-14-4-2-11(8-17)6-13(14)9-18-15-7-10-1-3-12(15)5-10/h2,4,6,10,12,15,18H,1,3,5,7,9H2. The molecule has 0 heterocycles. The molecule has 2 aliphatic rings. The average molecular weight is 244 g/mol. The SMILES string of the molecule is N#Cc1ccc(F)c(CNC2CC3CCC2C3)c1. The molecule has 0 radical (unpaired) electrons. The summed E-state index contributed by atoms with van der Waals surface area (Å²) in [7, 11) is 0. The highest BCUT2D eigenvalue weighted by Crippen LogP contribution is 2.44. The highest BCUT2D eigenvalue weighted by atomic mass is 19.1. The number of rotatable bonds is 3. The fourth-order valence-corrected chi connectivity index (χ4v) is 3.52. The van der Waals surface area contributed by atoms with Crippen molar-refractivity contribution in [3.63, 3.8) is 0 Å². The van der Waals surface area contributed by atoms with Crippen LogP contribution < -0.4 is 5.32 Å². The van der Waals surface area contributed by atoms with Gasteiger partial charge in [-0.05, 0) is 49.3 Å². The molecule has 2 saturated carbocycles. The van der Waals surface area contributed by atoms with Crippen LogP contribution in [0.1, 0.15) is 36.8 Å². The monoisotopic (exact) mass is 244 g/mol. The zero-order chi connectivity index (χ0) is 12.5. The molecule has 2 aliphatic carbocycles. The van der Waals surface area contributed by atoms with Crippen molar-refractivity contribution in [1.82, 2.24) is 5.32 Å². The molecule has 0 aromatic heterocycles. The van der Waals surface area contributed by atoms with E-state index in [1.165, 1.54) is 37.8 Å². The minimum Gasteiger partial charge on any atom is -0.310 e. The fourth-order valence-electron chi connectivity index (χ4n) is 3.52. The van der Waals surface area contributed by atoms with Crippen LogP contribution in [0.25, 0.3) is 0 Å². The van der Waals surface area contributed by atoms with Gasteiger partial charge in [-0.1, -0.05) is 6.42 Å². The lowest BCUT2D eigenvalue weighted by Gasteiger charge is -2.23. The van der Waals surface area contributed by atoms with Gasteiger partial charge in [0.1, 0.15) is 5.82 Å².